The standard InChI is InChI=1S/C15H25N7P/c16-13-15-17-14-22(18-15)23(19-7-1-2-8-19,20-9-3-4-10-20)21-11-5-6-12-21/h14H,1-12H2/q+1. The Balaban J connectivity index is 1.82. The number of aromatic nitrogens is 3. The van der Waals surface area contributed by atoms with Crippen LogP contribution in [0.25, 0.3) is 0 Å². The normalized spacial score (nSPS) is 24.5. The zero-order valence-corrected chi connectivity index (χ0v) is 14.5. The molecule has 0 saturated carbocycles. The largest absolute Gasteiger partial charge is 0.354 e. The molecule has 0 spiro atoms. The van der Waals surface area contributed by atoms with Gasteiger partial charge in [-0.05, 0) is 38.5 Å². The van der Waals surface area contributed by atoms with E-state index in [-0.39, 0.29) is 0 Å². The van der Waals surface area contributed by atoms with Crippen molar-refractivity contribution in [2.75, 3.05) is 39.3 Å². The van der Waals surface area contributed by atoms with Gasteiger partial charge in [0.15, 0.2) is 6.33 Å². The summed E-state index contributed by atoms with van der Waals surface area (Å²) in [6, 6.07) is 2.11. The maximum Gasteiger partial charge on any atom is 0.354 e. The van der Waals surface area contributed by atoms with Gasteiger partial charge in [-0.1, -0.05) is 4.45 Å². The van der Waals surface area contributed by atoms with E-state index in [2.05, 4.69) is 34.6 Å². The lowest BCUT2D eigenvalue weighted by Crippen LogP contribution is -2.46. The van der Waals surface area contributed by atoms with Crippen LogP contribution in [-0.2, 0) is 0 Å². The molecule has 3 aliphatic heterocycles. The summed E-state index contributed by atoms with van der Waals surface area (Å²) in [4.78, 5) is 4.25. The molecular weight excluding hydrogens is 309 g/mol. The highest BCUT2D eigenvalue weighted by Crippen LogP contribution is 2.70. The Hall–Kier alpha value is -1.06. The summed E-state index contributed by atoms with van der Waals surface area (Å²) < 4.78 is 10.1. The molecule has 0 bridgehead atoms. The summed E-state index contributed by atoms with van der Waals surface area (Å²) in [7, 11) is -1.89. The molecule has 1 aromatic heterocycles. The topological polar surface area (TPSA) is 64.2 Å². The van der Waals surface area contributed by atoms with Crippen LogP contribution in [0.15, 0.2) is 6.33 Å². The van der Waals surface area contributed by atoms with E-state index in [9.17, 15) is 5.26 Å². The predicted octanol–water partition coefficient (Wildman–Crippen LogP) is 1.96. The molecule has 0 N–H and O–H groups in total. The fraction of sp³-hybridized carbons (Fsp3) is 0.800. The van der Waals surface area contributed by atoms with Crippen LogP contribution in [0.3, 0.4) is 0 Å². The average Bonchev–Trinajstić information content (AvgIpc) is 3.36. The van der Waals surface area contributed by atoms with E-state index in [1.54, 1.807) is 0 Å². The van der Waals surface area contributed by atoms with E-state index in [0.29, 0.717) is 5.82 Å². The van der Waals surface area contributed by atoms with Crippen molar-refractivity contribution < 1.29 is 0 Å². The summed E-state index contributed by atoms with van der Waals surface area (Å²) in [5, 5.41) is 13.8. The third kappa shape index (κ3) is 2.49. The molecule has 0 unspecified atom stereocenters. The minimum Gasteiger partial charge on any atom is -0.202 e. The smallest absolute Gasteiger partial charge is 0.202 e. The summed E-state index contributed by atoms with van der Waals surface area (Å²) in [6.07, 6.45) is 9.42. The van der Waals surface area contributed by atoms with Crippen LogP contribution in [-0.4, -0.2) is 67.8 Å². The molecule has 0 aliphatic carbocycles. The molecule has 7 nitrogen and oxygen atoms in total. The number of hydrogen-bond donors (Lipinski definition) is 0. The van der Waals surface area contributed by atoms with Gasteiger partial charge in [0.1, 0.15) is 6.07 Å². The van der Waals surface area contributed by atoms with E-state index in [1.165, 1.54) is 38.5 Å². The van der Waals surface area contributed by atoms with Crippen LogP contribution in [0.4, 0.5) is 0 Å². The van der Waals surface area contributed by atoms with Crippen molar-refractivity contribution in [3.8, 4) is 6.07 Å². The molecule has 0 radical (unpaired) electrons. The number of rotatable bonds is 4. The molecule has 124 valence electrons. The van der Waals surface area contributed by atoms with Crippen molar-refractivity contribution in [3.63, 3.8) is 0 Å². The van der Waals surface area contributed by atoms with Gasteiger partial charge in [-0.2, -0.15) is 5.26 Å². The Kier molecular flexibility index (Phi) is 4.33. The molecule has 4 rings (SSSR count). The Labute approximate surface area is 138 Å². The summed E-state index contributed by atoms with van der Waals surface area (Å²) in [5.74, 6) is 0.298. The highest BCUT2D eigenvalue weighted by atomic mass is 31.2. The predicted molar refractivity (Wildman–Crippen MR) is 89.5 cm³/mol. The molecule has 3 aliphatic rings. The van der Waals surface area contributed by atoms with Crippen molar-refractivity contribution in [2.24, 2.45) is 0 Å². The summed E-state index contributed by atoms with van der Waals surface area (Å²) >= 11 is 0. The second kappa shape index (κ2) is 6.45. The molecule has 1 aromatic rings. The lowest BCUT2D eigenvalue weighted by Gasteiger charge is -2.42. The van der Waals surface area contributed by atoms with Gasteiger partial charge in [-0.15, -0.1) is 19.1 Å². The quantitative estimate of drug-likeness (QED) is 0.785. The van der Waals surface area contributed by atoms with E-state index < -0.39 is 7.87 Å². The molecule has 4 heterocycles. The van der Waals surface area contributed by atoms with Crippen LogP contribution in [0.5, 0.6) is 0 Å². The van der Waals surface area contributed by atoms with Crippen LogP contribution in [0, 0.1) is 11.3 Å². The molecule has 8 heteroatoms. The third-order valence-corrected chi connectivity index (χ3v) is 9.46. The van der Waals surface area contributed by atoms with E-state index in [4.69, 9.17) is 0 Å². The van der Waals surface area contributed by atoms with Gasteiger partial charge in [0.05, 0.1) is 0 Å². The lowest BCUT2D eigenvalue weighted by molar-refractivity contribution is 0.356. The number of nitriles is 1. The highest BCUT2D eigenvalue weighted by Gasteiger charge is 2.61. The molecule has 3 fully saturated rings. The van der Waals surface area contributed by atoms with Crippen molar-refractivity contribution in [1.29, 1.82) is 5.26 Å². The monoisotopic (exact) mass is 334 g/mol. The van der Waals surface area contributed by atoms with E-state index in [1.807, 2.05) is 6.33 Å². The van der Waals surface area contributed by atoms with Gasteiger partial charge < -0.3 is 0 Å². The van der Waals surface area contributed by atoms with Crippen LogP contribution in [0.1, 0.15) is 44.3 Å². The Bertz CT molecular complexity index is 536. The molecule has 3 saturated heterocycles. The van der Waals surface area contributed by atoms with Gasteiger partial charge >= 0.3 is 7.87 Å². The Morgan fingerprint density at radius 2 is 1.26 bits per heavy atom. The van der Waals surface area contributed by atoms with Gasteiger partial charge in [0, 0.05) is 39.3 Å². The van der Waals surface area contributed by atoms with Gasteiger partial charge in [-0.25, -0.2) is 4.98 Å². The van der Waals surface area contributed by atoms with E-state index in [0.717, 1.165) is 39.3 Å². The van der Waals surface area contributed by atoms with Crippen LogP contribution >= 0.6 is 7.87 Å². The number of hydrogen-bond acceptors (Lipinski definition) is 6. The minimum atomic E-state index is -1.89. The van der Waals surface area contributed by atoms with E-state index >= 15 is 0 Å². The zero-order valence-electron chi connectivity index (χ0n) is 13.6. The van der Waals surface area contributed by atoms with Crippen molar-refractivity contribution in [1.82, 2.24) is 28.5 Å². The average molecular weight is 334 g/mol. The maximum absolute atomic E-state index is 9.20. The Morgan fingerprint density at radius 1 is 0.826 bits per heavy atom. The Morgan fingerprint density at radius 3 is 1.61 bits per heavy atom. The lowest BCUT2D eigenvalue weighted by atomic mass is 10.4. The molecule has 23 heavy (non-hydrogen) atoms. The first kappa shape index (κ1) is 15.5. The first-order chi connectivity index (χ1) is 11.4. The fourth-order valence-corrected chi connectivity index (χ4v) is 8.97. The second-order valence-corrected chi connectivity index (χ2v) is 9.80. The third-order valence-electron chi connectivity index (χ3n) is 5.24. The highest BCUT2D eigenvalue weighted by molar-refractivity contribution is 7.67. The number of nitrogens with zero attached hydrogens (tertiary/aromatic N) is 7. The van der Waals surface area contributed by atoms with Gasteiger partial charge in [0.2, 0.25) is 0 Å². The fourth-order valence-electron chi connectivity index (χ4n) is 4.27. The van der Waals surface area contributed by atoms with Gasteiger partial charge in [-0.3, -0.25) is 0 Å². The molecular formula is C15H25N7P+. The van der Waals surface area contributed by atoms with Crippen molar-refractivity contribution >= 4 is 7.87 Å². The SMILES string of the molecule is N#Cc1ncn([P+](N2CCCC2)(N2CCCC2)N2CCCC2)n1. The van der Waals surface area contributed by atoms with Crippen LogP contribution < -0.4 is 0 Å². The summed E-state index contributed by atoms with van der Waals surface area (Å²) in [6.45, 7) is 6.85. The first-order valence-corrected chi connectivity index (χ1v) is 10.4. The second-order valence-electron chi connectivity index (χ2n) is 6.62. The van der Waals surface area contributed by atoms with Gasteiger partial charge in [0.25, 0.3) is 5.82 Å². The maximum atomic E-state index is 9.20. The molecule has 0 amide bonds. The van der Waals surface area contributed by atoms with Crippen LogP contribution in [0.2, 0.25) is 0 Å². The molecule has 0 atom stereocenters. The van der Waals surface area contributed by atoms with Crippen molar-refractivity contribution in [3.05, 3.63) is 12.2 Å². The van der Waals surface area contributed by atoms with Crippen molar-refractivity contribution in [2.45, 2.75) is 38.5 Å². The zero-order chi connectivity index (χ0) is 15.7. The summed E-state index contributed by atoms with van der Waals surface area (Å²) in [5.41, 5.74) is 0. The minimum absolute atomic E-state index is 0.298. The molecule has 0 aromatic carbocycles. The first-order valence-electron chi connectivity index (χ1n) is 8.83.